The first-order valence-electron chi connectivity index (χ1n) is 10.4. The van der Waals surface area contributed by atoms with Crippen molar-refractivity contribution in [2.75, 3.05) is 10.5 Å². The second kappa shape index (κ2) is 8.89. The molecule has 1 N–H and O–H groups in total. The number of halogens is 2. The van der Waals surface area contributed by atoms with E-state index in [-0.39, 0.29) is 34.5 Å². The molecule has 1 aliphatic rings. The summed E-state index contributed by atoms with van der Waals surface area (Å²) in [5, 5.41) is 0. The topological polar surface area (TPSA) is 103 Å². The Balaban J connectivity index is 1.91. The van der Waals surface area contributed by atoms with Crippen LogP contribution in [0.5, 0.6) is 11.5 Å². The predicted octanol–water partition coefficient (Wildman–Crippen LogP) is 3.55. The summed E-state index contributed by atoms with van der Waals surface area (Å²) < 4.78 is 61.1. The van der Waals surface area contributed by atoms with Gasteiger partial charge in [-0.25, -0.2) is 27.2 Å². The molecule has 0 bridgehead atoms. The average Bonchev–Trinajstić information content (AvgIpc) is 2.79. The highest BCUT2D eigenvalue weighted by atomic mass is 32.2. The minimum Gasteiger partial charge on any atom is -0.450 e. The van der Waals surface area contributed by atoms with Crippen LogP contribution < -0.4 is 15.0 Å². The number of aryl methyl sites for hydroxylation is 1. The lowest BCUT2D eigenvalue weighted by Crippen LogP contribution is -2.26. The first-order valence-corrected chi connectivity index (χ1v) is 12.1. The molecule has 1 aromatic carbocycles. The summed E-state index contributed by atoms with van der Waals surface area (Å²) >= 11 is 0. The number of hydrogen-bond acceptors (Lipinski definition) is 6. The van der Waals surface area contributed by atoms with E-state index < -0.39 is 21.7 Å². The summed E-state index contributed by atoms with van der Waals surface area (Å²) in [5.74, 6) is -2.25. The van der Waals surface area contributed by atoms with Crippen molar-refractivity contribution in [2.45, 2.75) is 32.6 Å². The molecule has 8 nitrogen and oxygen atoms in total. The molecule has 0 saturated heterocycles. The largest absolute Gasteiger partial charge is 0.450 e. The molecular formula is C22H22F2N4O4S. The highest BCUT2D eigenvalue weighted by Crippen LogP contribution is 2.37. The number of fused-ring (bicyclic) bond motifs is 1. The lowest BCUT2D eigenvalue weighted by molar-refractivity contribution is 0.436. The van der Waals surface area contributed by atoms with Crippen molar-refractivity contribution in [3.63, 3.8) is 0 Å². The molecule has 0 fully saturated rings. The molecule has 3 aromatic rings. The van der Waals surface area contributed by atoms with E-state index >= 15 is 0 Å². The second-order valence-electron chi connectivity index (χ2n) is 7.71. The Morgan fingerprint density at radius 1 is 1.15 bits per heavy atom. The number of nitrogens with one attached hydrogen (secondary N) is 1. The third-order valence-electron chi connectivity index (χ3n) is 5.45. The average molecular weight is 477 g/mol. The Hall–Kier alpha value is -3.34. The number of hydrogen-bond donors (Lipinski definition) is 1. The van der Waals surface area contributed by atoms with Crippen LogP contribution in [0.2, 0.25) is 0 Å². The first-order chi connectivity index (χ1) is 15.7. The molecule has 0 radical (unpaired) electrons. The van der Waals surface area contributed by atoms with Crippen LogP contribution in [-0.4, -0.2) is 28.7 Å². The molecule has 174 valence electrons. The van der Waals surface area contributed by atoms with Gasteiger partial charge in [0.05, 0.1) is 11.9 Å². The maximum atomic E-state index is 14.3. The van der Waals surface area contributed by atoms with Gasteiger partial charge in [0.2, 0.25) is 16.0 Å². The lowest BCUT2D eigenvalue weighted by Gasteiger charge is -2.21. The standard InChI is InChI=1S/C22H22F2N4O4S/c1-3-33(30,31)27-22-25-11-19(32-18-9-8-13(23)10-17(18)24)20(26-22)16-12-28(2)21(29)15-7-5-4-6-14(15)16/h8-12H,3-7H2,1-2H3,(H,25,26,27). The van der Waals surface area contributed by atoms with Crippen LogP contribution in [0, 0.1) is 11.6 Å². The van der Waals surface area contributed by atoms with Gasteiger partial charge in [-0.05, 0) is 50.3 Å². The van der Waals surface area contributed by atoms with E-state index in [9.17, 15) is 22.0 Å². The zero-order valence-corrected chi connectivity index (χ0v) is 18.9. The maximum absolute atomic E-state index is 14.3. The van der Waals surface area contributed by atoms with Crippen LogP contribution in [0.25, 0.3) is 11.3 Å². The Kier molecular flexibility index (Phi) is 6.15. The fraction of sp³-hybridized carbons (Fsp3) is 0.318. The molecule has 0 spiro atoms. The molecule has 4 rings (SSSR count). The van der Waals surface area contributed by atoms with Crippen LogP contribution in [0.4, 0.5) is 14.7 Å². The SMILES string of the molecule is CCS(=O)(=O)Nc1ncc(Oc2ccc(F)cc2F)c(-c2cn(C)c(=O)c3c2CCCC3)n1. The van der Waals surface area contributed by atoms with Crippen molar-refractivity contribution in [1.29, 1.82) is 0 Å². The van der Waals surface area contributed by atoms with E-state index in [0.717, 1.165) is 30.5 Å². The highest BCUT2D eigenvalue weighted by molar-refractivity contribution is 7.92. The summed E-state index contributed by atoms with van der Waals surface area (Å²) in [4.78, 5) is 21.0. The van der Waals surface area contributed by atoms with Gasteiger partial charge in [-0.15, -0.1) is 0 Å². The third kappa shape index (κ3) is 4.72. The van der Waals surface area contributed by atoms with Crippen molar-refractivity contribution in [1.82, 2.24) is 14.5 Å². The minimum absolute atomic E-state index is 0.0337. The van der Waals surface area contributed by atoms with Gasteiger partial charge in [-0.3, -0.25) is 9.52 Å². The molecule has 33 heavy (non-hydrogen) atoms. The number of anilines is 1. The molecule has 0 unspecified atom stereocenters. The van der Waals surface area contributed by atoms with Gasteiger partial charge >= 0.3 is 0 Å². The lowest BCUT2D eigenvalue weighted by atomic mass is 9.88. The van der Waals surface area contributed by atoms with Crippen LogP contribution in [0.1, 0.15) is 30.9 Å². The van der Waals surface area contributed by atoms with Crippen molar-refractivity contribution < 1.29 is 21.9 Å². The fourth-order valence-corrected chi connectivity index (χ4v) is 4.28. The molecule has 0 aliphatic heterocycles. The molecule has 11 heteroatoms. The summed E-state index contributed by atoms with van der Waals surface area (Å²) in [5.41, 5.74) is 2.09. The Morgan fingerprint density at radius 2 is 1.88 bits per heavy atom. The molecule has 0 atom stereocenters. The van der Waals surface area contributed by atoms with Crippen LogP contribution in [0.15, 0.2) is 35.4 Å². The van der Waals surface area contributed by atoms with Gasteiger partial charge in [0.15, 0.2) is 17.3 Å². The number of nitrogens with zero attached hydrogens (tertiary/aromatic N) is 3. The molecule has 0 amide bonds. The smallest absolute Gasteiger partial charge is 0.253 e. The molecule has 2 aromatic heterocycles. The van der Waals surface area contributed by atoms with Crippen molar-refractivity contribution in [3.8, 4) is 22.8 Å². The number of benzene rings is 1. The zero-order valence-electron chi connectivity index (χ0n) is 18.1. The van der Waals surface area contributed by atoms with Crippen molar-refractivity contribution >= 4 is 16.0 Å². The Labute approximate surface area is 189 Å². The molecule has 2 heterocycles. The van der Waals surface area contributed by atoms with Gasteiger partial charge in [-0.2, -0.15) is 0 Å². The summed E-state index contributed by atoms with van der Waals surface area (Å²) in [6.45, 7) is 1.47. The minimum atomic E-state index is -3.66. The summed E-state index contributed by atoms with van der Waals surface area (Å²) in [6, 6.07) is 2.88. The van der Waals surface area contributed by atoms with Crippen molar-refractivity contribution in [3.05, 3.63) is 63.7 Å². The number of aromatic nitrogens is 3. The second-order valence-corrected chi connectivity index (χ2v) is 9.72. The van der Waals surface area contributed by atoms with E-state index in [4.69, 9.17) is 4.74 Å². The number of rotatable bonds is 6. The van der Waals surface area contributed by atoms with Gasteiger partial charge in [0, 0.05) is 30.4 Å². The monoisotopic (exact) mass is 476 g/mol. The van der Waals surface area contributed by atoms with Gasteiger partial charge < -0.3 is 9.30 Å². The molecule has 0 saturated carbocycles. The predicted molar refractivity (Wildman–Crippen MR) is 119 cm³/mol. The van der Waals surface area contributed by atoms with E-state index in [1.54, 1.807) is 13.2 Å². The van der Waals surface area contributed by atoms with Crippen molar-refractivity contribution in [2.24, 2.45) is 7.05 Å². The highest BCUT2D eigenvalue weighted by Gasteiger charge is 2.24. The quantitative estimate of drug-likeness (QED) is 0.584. The Bertz CT molecular complexity index is 1390. The number of ether oxygens (including phenoxy) is 1. The van der Waals surface area contributed by atoms with Gasteiger partial charge in [0.25, 0.3) is 5.56 Å². The van der Waals surface area contributed by atoms with Crippen LogP contribution in [0.3, 0.4) is 0 Å². The normalized spacial score (nSPS) is 13.5. The molecular weight excluding hydrogens is 454 g/mol. The fourth-order valence-electron chi connectivity index (χ4n) is 3.76. The summed E-state index contributed by atoms with van der Waals surface area (Å²) in [6.07, 6.45) is 5.81. The zero-order chi connectivity index (χ0) is 23.8. The van der Waals surface area contributed by atoms with E-state index in [2.05, 4.69) is 14.7 Å². The first kappa shape index (κ1) is 22.8. The van der Waals surface area contributed by atoms with E-state index in [1.807, 2.05) is 0 Å². The van der Waals surface area contributed by atoms with Gasteiger partial charge in [0.1, 0.15) is 11.5 Å². The van der Waals surface area contributed by atoms with E-state index in [0.29, 0.717) is 30.0 Å². The number of sulfonamides is 1. The maximum Gasteiger partial charge on any atom is 0.253 e. The van der Waals surface area contributed by atoms with Gasteiger partial charge in [-0.1, -0.05) is 0 Å². The van der Waals surface area contributed by atoms with E-state index in [1.165, 1.54) is 17.7 Å². The summed E-state index contributed by atoms with van der Waals surface area (Å²) in [7, 11) is -2.05. The van der Waals surface area contributed by atoms with Crippen LogP contribution in [-0.2, 0) is 29.9 Å². The Morgan fingerprint density at radius 3 is 2.58 bits per heavy atom. The van der Waals surface area contributed by atoms with Crippen LogP contribution >= 0.6 is 0 Å². The number of pyridine rings is 1. The molecule has 1 aliphatic carbocycles. The third-order valence-corrected chi connectivity index (χ3v) is 6.70.